The minimum atomic E-state index is -1.11. The maximum atomic E-state index is 14.0. The summed E-state index contributed by atoms with van der Waals surface area (Å²) in [5, 5.41) is 14.2. The van der Waals surface area contributed by atoms with Crippen molar-refractivity contribution >= 4 is 47.0 Å². The van der Waals surface area contributed by atoms with Crippen LogP contribution in [-0.2, 0) is 14.3 Å². The highest BCUT2D eigenvalue weighted by atomic mass is 32.2. The van der Waals surface area contributed by atoms with Crippen molar-refractivity contribution in [2.24, 2.45) is 5.73 Å². The van der Waals surface area contributed by atoms with Crippen molar-refractivity contribution < 1.29 is 24.2 Å². The van der Waals surface area contributed by atoms with Gasteiger partial charge in [0.2, 0.25) is 5.91 Å². The molecule has 0 radical (unpaired) electrons. The van der Waals surface area contributed by atoms with E-state index in [9.17, 15) is 19.5 Å². The van der Waals surface area contributed by atoms with Crippen molar-refractivity contribution in [1.82, 2.24) is 19.5 Å². The lowest BCUT2D eigenvalue weighted by Crippen LogP contribution is -2.68. The van der Waals surface area contributed by atoms with Crippen LogP contribution in [-0.4, -0.2) is 65.4 Å². The number of ether oxygens (including phenoxy) is 1. The van der Waals surface area contributed by atoms with Gasteiger partial charge < -0.3 is 15.6 Å². The molecule has 1 saturated heterocycles. The smallest absolute Gasteiger partial charge is 0.356 e. The first kappa shape index (κ1) is 28.0. The maximum Gasteiger partial charge on any atom is 0.356 e. The van der Waals surface area contributed by atoms with Gasteiger partial charge in [-0.05, 0) is 30.5 Å². The Kier molecular flexibility index (Phi) is 7.52. The van der Waals surface area contributed by atoms with Crippen molar-refractivity contribution in [3.8, 4) is 0 Å². The lowest BCUT2D eigenvalue weighted by atomic mass is 10.0. The van der Waals surface area contributed by atoms with Gasteiger partial charge in [0.1, 0.15) is 27.7 Å². The number of nitrogens with two attached hydrogens (primary N) is 1. The van der Waals surface area contributed by atoms with E-state index in [1.165, 1.54) is 39.1 Å². The summed E-state index contributed by atoms with van der Waals surface area (Å²) in [5.74, 6) is -1.22. The quantitative estimate of drug-likeness (QED) is 0.132. The number of nitrogens with zero attached hydrogens (tertiary/aromatic N) is 4. The fourth-order valence-corrected chi connectivity index (χ4v) is 7.65. The third kappa shape index (κ3) is 4.85. The number of aromatic nitrogens is 3. The summed E-state index contributed by atoms with van der Waals surface area (Å²) >= 11 is 2.91. The Hall–Kier alpha value is -4.13. The Morgan fingerprint density at radius 1 is 1.12 bits per heavy atom. The molecule has 2 atom stereocenters. The Morgan fingerprint density at radius 3 is 2.38 bits per heavy atom. The molecule has 2 aliphatic heterocycles. The second kappa shape index (κ2) is 11.3. The van der Waals surface area contributed by atoms with Crippen molar-refractivity contribution in [2.75, 3.05) is 11.5 Å². The van der Waals surface area contributed by atoms with Crippen LogP contribution in [0.2, 0.25) is 0 Å². The van der Waals surface area contributed by atoms with Crippen molar-refractivity contribution in [3.05, 3.63) is 106 Å². The Bertz CT molecular complexity index is 1700. The summed E-state index contributed by atoms with van der Waals surface area (Å²) in [6.07, 6.45) is 0.604. The van der Waals surface area contributed by atoms with Gasteiger partial charge in [-0.25, -0.2) is 19.1 Å². The van der Waals surface area contributed by atoms with Gasteiger partial charge in [0, 0.05) is 22.8 Å². The molecule has 10 nitrogen and oxygen atoms in total. The van der Waals surface area contributed by atoms with E-state index in [1.54, 1.807) is 0 Å². The van der Waals surface area contributed by atoms with Gasteiger partial charge in [0.15, 0.2) is 11.8 Å². The minimum absolute atomic E-state index is 0.00697. The predicted molar refractivity (Wildman–Crippen MR) is 159 cm³/mol. The van der Waals surface area contributed by atoms with Gasteiger partial charge in [-0.3, -0.25) is 9.69 Å². The van der Waals surface area contributed by atoms with Gasteiger partial charge in [0.25, 0.3) is 0 Å². The first-order chi connectivity index (χ1) is 20.3. The molecule has 4 aromatic rings. The highest BCUT2D eigenvalue weighted by molar-refractivity contribution is 8.01. The molecule has 1 amide bonds. The van der Waals surface area contributed by atoms with E-state index in [4.69, 9.17) is 10.5 Å². The number of aryl methyl sites for hydroxylation is 1. The van der Waals surface area contributed by atoms with E-state index in [0.717, 1.165) is 22.3 Å². The lowest BCUT2D eigenvalue weighted by Gasteiger charge is -2.48. The number of aromatic carboxylic acids is 1. The molecule has 0 saturated carbocycles. The molecular weight excluding hydrogens is 574 g/mol. The van der Waals surface area contributed by atoms with Crippen molar-refractivity contribution in [2.45, 2.75) is 36.4 Å². The van der Waals surface area contributed by atoms with E-state index < -0.39 is 24.1 Å². The van der Waals surface area contributed by atoms with Crippen molar-refractivity contribution in [3.63, 3.8) is 0 Å². The molecule has 214 valence electrons. The Balaban J connectivity index is 1.37. The van der Waals surface area contributed by atoms with Crippen LogP contribution in [0.1, 0.15) is 38.8 Å². The van der Waals surface area contributed by atoms with Gasteiger partial charge >= 0.3 is 11.9 Å². The van der Waals surface area contributed by atoms with Crippen LogP contribution in [0.3, 0.4) is 0 Å². The molecule has 0 bridgehead atoms. The number of esters is 1. The highest BCUT2D eigenvalue weighted by Crippen LogP contribution is 2.42. The van der Waals surface area contributed by atoms with Crippen LogP contribution < -0.4 is 5.73 Å². The number of thioether (sulfide) groups is 2. The van der Waals surface area contributed by atoms with E-state index in [0.29, 0.717) is 22.2 Å². The zero-order valence-corrected chi connectivity index (χ0v) is 24.4. The topological polar surface area (TPSA) is 140 Å². The fraction of sp³-hybridized carbons (Fsp3) is 0.233. The summed E-state index contributed by atoms with van der Waals surface area (Å²) in [6, 6.07) is 18.2. The standard InChI is InChI=1S/C30H27N5O5S2/c1-16-17(2)33-25-21(29(37)38)13-32-35(25)27(16)41-14-20-15-42-28-22(31)26(36)34(28)23(20)30(39)40-24(18-9-5-3-6-10-18)19-11-7-4-8-12-19/h3-13,22,24,28H,14-15,31H2,1-2H3,(H,37,38)/t22?,28-/m0/s1. The average molecular weight is 602 g/mol. The van der Waals surface area contributed by atoms with Crippen LogP contribution in [0.4, 0.5) is 0 Å². The molecule has 2 aliphatic rings. The number of hydrogen-bond donors (Lipinski definition) is 2. The van der Waals surface area contributed by atoms with Gasteiger partial charge in [-0.2, -0.15) is 5.10 Å². The molecule has 2 aromatic heterocycles. The number of hydrogen-bond acceptors (Lipinski definition) is 9. The third-order valence-corrected chi connectivity index (χ3v) is 10.0. The van der Waals surface area contributed by atoms with Gasteiger partial charge in [-0.15, -0.1) is 23.5 Å². The number of β-lactam (4-membered cyclic amide) rings is 1. The van der Waals surface area contributed by atoms with Gasteiger partial charge in [0.05, 0.1) is 6.20 Å². The molecule has 0 spiro atoms. The summed E-state index contributed by atoms with van der Waals surface area (Å²) < 4.78 is 7.69. The summed E-state index contributed by atoms with van der Waals surface area (Å²) in [4.78, 5) is 44.6. The number of carboxylic acids is 1. The molecule has 12 heteroatoms. The van der Waals surface area contributed by atoms with E-state index in [1.807, 2.05) is 74.5 Å². The molecule has 42 heavy (non-hydrogen) atoms. The molecule has 0 aliphatic carbocycles. The molecule has 2 aromatic carbocycles. The third-order valence-electron chi connectivity index (χ3n) is 7.40. The van der Waals surface area contributed by atoms with E-state index in [2.05, 4.69) is 10.1 Å². The molecule has 1 fully saturated rings. The fourth-order valence-electron chi connectivity index (χ4n) is 5.06. The second-order valence-electron chi connectivity index (χ2n) is 10.0. The second-order valence-corrected chi connectivity index (χ2v) is 12.1. The van der Waals surface area contributed by atoms with E-state index >= 15 is 0 Å². The first-order valence-electron chi connectivity index (χ1n) is 13.2. The molecule has 4 heterocycles. The van der Waals surface area contributed by atoms with Gasteiger partial charge in [-0.1, -0.05) is 60.7 Å². The van der Waals surface area contributed by atoms with Crippen LogP contribution in [0.15, 0.2) is 83.2 Å². The molecule has 1 unspecified atom stereocenters. The van der Waals surface area contributed by atoms with E-state index in [-0.39, 0.29) is 28.2 Å². The number of rotatable bonds is 8. The van der Waals surface area contributed by atoms with Crippen LogP contribution in [0.25, 0.3) is 5.65 Å². The summed E-state index contributed by atoms with van der Waals surface area (Å²) in [7, 11) is 0. The Morgan fingerprint density at radius 2 is 1.76 bits per heavy atom. The average Bonchev–Trinajstić information content (AvgIpc) is 3.43. The number of carbonyl (C=O) groups excluding carboxylic acids is 2. The minimum Gasteiger partial charge on any atom is -0.477 e. The summed E-state index contributed by atoms with van der Waals surface area (Å²) in [6.45, 7) is 3.71. The number of carbonyl (C=O) groups is 3. The zero-order valence-electron chi connectivity index (χ0n) is 22.8. The molecular formula is C30H27N5O5S2. The number of benzene rings is 2. The first-order valence-corrected chi connectivity index (χ1v) is 15.2. The molecule has 3 N–H and O–H groups in total. The number of carboxylic acid groups (broad SMARTS) is 1. The normalized spacial score (nSPS) is 18.3. The number of fused-ring (bicyclic) bond motifs is 2. The van der Waals surface area contributed by atoms with Crippen LogP contribution in [0.5, 0.6) is 0 Å². The number of amides is 1. The lowest BCUT2D eigenvalue weighted by molar-refractivity contribution is -0.153. The van der Waals surface area contributed by atoms with Crippen LogP contribution in [0, 0.1) is 13.8 Å². The monoisotopic (exact) mass is 601 g/mol. The SMILES string of the molecule is Cc1nc2c(C(=O)O)cnn2c(SCC2=C(C(=O)OC(c3ccccc3)c3ccccc3)N3C(=O)C(N)[C@@H]3SC2)c1C. The molecule has 6 rings (SSSR count). The highest BCUT2D eigenvalue weighted by Gasteiger charge is 2.52. The van der Waals surface area contributed by atoms with Crippen LogP contribution >= 0.6 is 23.5 Å². The summed E-state index contributed by atoms with van der Waals surface area (Å²) in [5.41, 5.74) is 10.4. The predicted octanol–water partition coefficient (Wildman–Crippen LogP) is 3.97. The largest absolute Gasteiger partial charge is 0.477 e. The maximum absolute atomic E-state index is 14.0. The Labute approximate surface area is 249 Å². The zero-order chi connectivity index (χ0) is 29.5. The van der Waals surface area contributed by atoms with Crippen molar-refractivity contribution in [1.29, 1.82) is 0 Å².